The second-order valence-electron chi connectivity index (χ2n) is 6.84. The SMILES string of the molecule is O=C(O)c1cc(Oc2ccc3nc(NC(=O)c4cc(C(F)(F)F)cc(Cl)c4F)nnc3c2)ccn1. The number of hydrogen-bond donors (Lipinski definition) is 2. The molecule has 0 spiro atoms. The number of alkyl halides is 3. The fourth-order valence-corrected chi connectivity index (χ4v) is 3.07. The number of rotatable bonds is 5. The average Bonchev–Trinajstić information content (AvgIpc) is 2.80. The van der Waals surface area contributed by atoms with Crippen LogP contribution < -0.4 is 10.1 Å². The van der Waals surface area contributed by atoms with E-state index in [1.807, 2.05) is 0 Å². The Morgan fingerprint density at radius 3 is 2.46 bits per heavy atom. The Kier molecular flexibility index (Phi) is 6.18. The lowest BCUT2D eigenvalue weighted by Crippen LogP contribution is -2.18. The van der Waals surface area contributed by atoms with Gasteiger partial charge < -0.3 is 9.84 Å². The molecule has 14 heteroatoms. The summed E-state index contributed by atoms with van der Waals surface area (Å²) < 4.78 is 58.7. The lowest BCUT2D eigenvalue weighted by molar-refractivity contribution is -0.137. The lowest BCUT2D eigenvalue weighted by Gasteiger charge is -2.11. The maximum Gasteiger partial charge on any atom is 0.416 e. The number of nitrogens with zero attached hydrogens (tertiary/aromatic N) is 4. The first-order valence-corrected chi connectivity index (χ1v) is 9.78. The Labute approximate surface area is 197 Å². The van der Waals surface area contributed by atoms with Crippen LogP contribution in [0.4, 0.5) is 23.5 Å². The molecule has 0 atom stereocenters. The van der Waals surface area contributed by atoms with Crippen LogP contribution in [-0.4, -0.2) is 37.1 Å². The van der Waals surface area contributed by atoms with Gasteiger partial charge in [-0.1, -0.05) is 11.6 Å². The molecule has 0 saturated carbocycles. The van der Waals surface area contributed by atoms with Gasteiger partial charge in [0.15, 0.2) is 11.5 Å². The number of halogens is 5. The molecule has 9 nitrogen and oxygen atoms in total. The Morgan fingerprint density at radius 2 is 1.74 bits per heavy atom. The van der Waals surface area contributed by atoms with E-state index in [1.54, 1.807) is 0 Å². The predicted octanol–water partition coefficient (Wildman–Crippen LogP) is 4.97. The summed E-state index contributed by atoms with van der Waals surface area (Å²) in [7, 11) is 0. The van der Waals surface area contributed by atoms with Crippen molar-refractivity contribution in [1.82, 2.24) is 20.2 Å². The number of hydrogen-bond acceptors (Lipinski definition) is 7. The van der Waals surface area contributed by atoms with Crippen molar-refractivity contribution in [2.75, 3.05) is 5.32 Å². The summed E-state index contributed by atoms with van der Waals surface area (Å²) in [5, 5.41) is 17.7. The lowest BCUT2D eigenvalue weighted by atomic mass is 10.1. The van der Waals surface area contributed by atoms with Gasteiger partial charge in [0, 0.05) is 18.3 Å². The standard InChI is InChI=1S/C21H10ClF4N5O4/c22-13-6-9(21(24,25)26)5-12(17(13)23)18(32)29-20-28-14-2-1-10(7-15(14)30-31-20)35-11-3-4-27-16(8-11)19(33)34/h1-8H,(H,33,34)(H,28,29,31,32). The molecule has 0 aliphatic carbocycles. The van der Waals surface area contributed by atoms with Crippen LogP contribution in [0.25, 0.3) is 11.0 Å². The molecule has 0 aliphatic heterocycles. The minimum atomic E-state index is -4.85. The molecule has 0 radical (unpaired) electrons. The molecule has 35 heavy (non-hydrogen) atoms. The highest BCUT2D eigenvalue weighted by Gasteiger charge is 2.33. The summed E-state index contributed by atoms with van der Waals surface area (Å²) >= 11 is 5.50. The van der Waals surface area contributed by atoms with Crippen molar-refractivity contribution in [3.05, 3.63) is 76.3 Å². The molecular formula is C21H10ClF4N5O4. The largest absolute Gasteiger partial charge is 0.477 e. The molecular weight excluding hydrogens is 498 g/mol. The monoisotopic (exact) mass is 507 g/mol. The van der Waals surface area contributed by atoms with Gasteiger partial charge >= 0.3 is 12.1 Å². The van der Waals surface area contributed by atoms with Gasteiger partial charge in [-0.3, -0.25) is 10.1 Å². The van der Waals surface area contributed by atoms with Crippen molar-refractivity contribution < 1.29 is 37.0 Å². The zero-order valence-corrected chi connectivity index (χ0v) is 17.7. The number of carboxylic acids is 1. The Hall–Kier alpha value is -4.39. The topological polar surface area (TPSA) is 127 Å². The molecule has 4 aromatic rings. The van der Waals surface area contributed by atoms with E-state index in [4.69, 9.17) is 21.4 Å². The number of ether oxygens (including phenoxy) is 1. The predicted molar refractivity (Wildman–Crippen MR) is 113 cm³/mol. The van der Waals surface area contributed by atoms with E-state index >= 15 is 0 Å². The number of fused-ring (bicyclic) bond motifs is 1. The van der Waals surface area contributed by atoms with E-state index in [0.717, 1.165) is 0 Å². The third kappa shape index (κ3) is 5.24. The van der Waals surface area contributed by atoms with Gasteiger partial charge in [-0.15, -0.1) is 10.2 Å². The van der Waals surface area contributed by atoms with E-state index in [2.05, 4.69) is 25.5 Å². The first kappa shape index (κ1) is 23.8. The number of anilines is 1. The number of carboxylic acid groups (broad SMARTS) is 1. The van der Waals surface area contributed by atoms with Crippen LogP contribution in [0, 0.1) is 5.82 Å². The summed E-state index contributed by atoms with van der Waals surface area (Å²) in [6.07, 6.45) is -3.59. The van der Waals surface area contributed by atoms with Crippen molar-refractivity contribution in [1.29, 1.82) is 0 Å². The van der Waals surface area contributed by atoms with Crippen LogP contribution in [-0.2, 0) is 6.18 Å². The number of nitrogens with one attached hydrogen (secondary N) is 1. The van der Waals surface area contributed by atoms with Crippen LogP contribution in [0.1, 0.15) is 26.4 Å². The third-order valence-corrected chi connectivity index (χ3v) is 4.71. The molecule has 2 N–H and O–H groups in total. The van der Waals surface area contributed by atoms with Gasteiger partial charge in [0.2, 0.25) is 5.95 Å². The molecule has 178 valence electrons. The van der Waals surface area contributed by atoms with E-state index in [-0.39, 0.29) is 28.2 Å². The summed E-state index contributed by atoms with van der Waals surface area (Å²) in [4.78, 5) is 31.1. The smallest absolute Gasteiger partial charge is 0.416 e. The third-order valence-electron chi connectivity index (χ3n) is 4.44. The molecule has 4 rings (SSSR count). The molecule has 0 unspecified atom stereocenters. The number of amides is 1. The van der Waals surface area contributed by atoms with Gasteiger partial charge in [0.25, 0.3) is 5.91 Å². The number of pyridine rings is 1. The van der Waals surface area contributed by atoms with Gasteiger partial charge in [-0.05, 0) is 30.3 Å². The summed E-state index contributed by atoms with van der Waals surface area (Å²) in [5.74, 6) is -3.77. The Bertz CT molecular complexity index is 1480. The number of carbonyl (C=O) groups excluding carboxylic acids is 1. The number of aromatic nitrogens is 4. The van der Waals surface area contributed by atoms with Crippen LogP contribution >= 0.6 is 11.6 Å². The molecule has 2 aromatic carbocycles. The van der Waals surface area contributed by atoms with Crippen molar-refractivity contribution >= 4 is 40.5 Å². The first-order valence-electron chi connectivity index (χ1n) is 9.40. The van der Waals surface area contributed by atoms with Gasteiger partial charge in [-0.25, -0.2) is 19.2 Å². The summed E-state index contributed by atoms with van der Waals surface area (Å²) in [6.45, 7) is 0. The number of benzene rings is 2. The van der Waals surface area contributed by atoms with E-state index < -0.39 is 46.0 Å². The molecule has 0 saturated heterocycles. The zero-order chi connectivity index (χ0) is 25.3. The van der Waals surface area contributed by atoms with Crippen molar-refractivity contribution in [3.8, 4) is 11.5 Å². The highest BCUT2D eigenvalue weighted by molar-refractivity contribution is 6.31. The normalized spacial score (nSPS) is 11.3. The minimum absolute atomic E-state index is 0.198. The fraction of sp³-hybridized carbons (Fsp3) is 0.0476. The first-order chi connectivity index (χ1) is 16.5. The Balaban J connectivity index is 1.56. The molecule has 2 aromatic heterocycles. The number of aromatic carboxylic acids is 1. The summed E-state index contributed by atoms with van der Waals surface area (Å²) in [6, 6.07) is 7.69. The van der Waals surface area contributed by atoms with Gasteiger partial charge in [0.1, 0.15) is 17.0 Å². The van der Waals surface area contributed by atoms with Crippen LogP contribution in [0.15, 0.2) is 48.7 Å². The molecule has 1 amide bonds. The highest BCUT2D eigenvalue weighted by Crippen LogP contribution is 2.33. The highest BCUT2D eigenvalue weighted by atomic mass is 35.5. The van der Waals surface area contributed by atoms with Crippen molar-refractivity contribution in [2.45, 2.75) is 6.18 Å². The second kappa shape index (κ2) is 9.10. The molecule has 2 heterocycles. The quantitative estimate of drug-likeness (QED) is 0.362. The fourth-order valence-electron chi connectivity index (χ4n) is 2.85. The second-order valence-corrected chi connectivity index (χ2v) is 7.25. The number of carbonyl (C=O) groups is 2. The minimum Gasteiger partial charge on any atom is -0.477 e. The maximum absolute atomic E-state index is 14.2. The average molecular weight is 508 g/mol. The van der Waals surface area contributed by atoms with Gasteiger partial charge in [0.05, 0.1) is 21.7 Å². The maximum atomic E-state index is 14.2. The summed E-state index contributed by atoms with van der Waals surface area (Å²) in [5.41, 5.74) is -2.05. The Morgan fingerprint density at radius 1 is 1.00 bits per heavy atom. The zero-order valence-electron chi connectivity index (χ0n) is 17.0. The van der Waals surface area contributed by atoms with Crippen LogP contribution in [0.5, 0.6) is 11.5 Å². The molecule has 0 fully saturated rings. The molecule has 0 bridgehead atoms. The van der Waals surface area contributed by atoms with E-state index in [0.29, 0.717) is 12.1 Å². The van der Waals surface area contributed by atoms with Crippen LogP contribution in [0.3, 0.4) is 0 Å². The molecule has 0 aliphatic rings. The van der Waals surface area contributed by atoms with E-state index in [1.165, 1.54) is 36.5 Å². The van der Waals surface area contributed by atoms with Crippen molar-refractivity contribution in [2.24, 2.45) is 0 Å². The van der Waals surface area contributed by atoms with Crippen molar-refractivity contribution in [3.63, 3.8) is 0 Å². The van der Waals surface area contributed by atoms with Crippen LogP contribution in [0.2, 0.25) is 5.02 Å². The van der Waals surface area contributed by atoms with Gasteiger partial charge in [-0.2, -0.15) is 13.2 Å². The van der Waals surface area contributed by atoms with E-state index in [9.17, 15) is 27.2 Å².